The zero-order chi connectivity index (χ0) is 41.4. The van der Waals surface area contributed by atoms with E-state index in [1.807, 2.05) is 35.6 Å². The summed E-state index contributed by atoms with van der Waals surface area (Å²) in [5.41, 5.74) is 12.1. The van der Waals surface area contributed by atoms with Crippen molar-refractivity contribution in [2.24, 2.45) is 0 Å². The Morgan fingerprint density at radius 3 is 1.56 bits per heavy atom. The lowest BCUT2D eigenvalue weighted by Crippen LogP contribution is -2.00. The van der Waals surface area contributed by atoms with Crippen molar-refractivity contribution in [1.82, 2.24) is 24.1 Å². The van der Waals surface area contributed by atoms with Crippen LogP contribution >= 0.6 is 11.3 Å². The minimum Gasteiger partial charge on any atom is -0.307 e. The van der Waals surface area contributed by atoms with E-state index in [9.17, 15) is 0 Å². The Hall–Kier alpha value is -8.19. The van der Waals surface area contributed by atoms with Gasteiger partial charge in [-0.15, -0.1) is 11.3 Å². The fraction of sp³-hybridized carbons (Fsp3) is 0. The molecule has 0 saturated carbocycles. The molecule has 13 aromatic rings. The van der Waals surface area contributed by atoms with E-state index >= 15 is 0 Å². The molecule has 0 unspecified atom stereocenters. The molecular formula is C57H35N5S. The van der Waals surface area contributed by atoms with Crippen molar-refractivity contribution >= 4 is 75.1 Å². The molecule has 0 fully saturated rings. The van der Waals surface area contributed by atoms with Crippen LogP contribution in [0.4, 0.5) is 0 Å². The van der Waals surface area contributed by atoms with Crippen LogP contribution in [0.5, 0.6) is 0 Å². The lowest BCUT2D eigenvalue weighted by atomic mass is 10.0. The average Bonchev–Trinajstić information content (AvgIpc) is 4.02. The van der Waals surface area contributed by atoms with Crippen molar-refractivity contribution in [2.45, 2.75) is 0 Å². The molecule has 0 aliphatic heterocycles. The third-order valence-electron chi connectivity index (χ3n) is 12.4. The minimum absolute atomic E-state index is 0.639. The van der Waals surface area contributed by atoms with Crippen LogP contribution in [0, 0.1) is 0 Å². The van der Waals surface area contributed by atoms with E-state index in [0.29, 0.717) is 17.5 Å². The molecular weight excluding hydrogens is 787 g/mol. The SMILES string of the molecule is c1ccc(-c2cccc(-c3nc(-c4ccccc4)nc(-c4ccc5sc6c(ccc7c8cccc(-n9c%10ccccc%10c%10ccccc%109)c8n(-c8ccccc8)c76)c5c4)n3)c2)cc1. The van der Waals surface area contributed by atoms with E-state index in [4.69, 9.17) is 15.0 Å². The topological polar surface area (TPSA) is 48.5 Å². The fourth-order valence-corrected chi connectivity index (χ4v) is 10.7. The molecule has 13 rings (SSSR count). The van der Waals surface area contributed by atoms with Crippen LogP contribution in [-0.4, -0.2) is 24.1 Å². The number of thiophene rings is 1. The van der Waals surface area contributed by atoms with Gasteiger partial charge < -0.3 is 9.13 Å². The van der Waals surface area contributed by atoms with Gasteiger partial charge in [0.15, 0.2) is 17.5 Å². The van der Waals surface area contributed by atoms with Gasteiger partial charge in [-0.25, -0.2) is 15.0 Å². The first kappa shape index (κ1) is 35.6. The van der Waals surface area contributed by atoms with Gasteiger partial charge in [0.25, 0.3) is 0 Å². The van der Waals surface area contributed by atoms with Crippen LogP contribution in [0.2, 0.25) is 0 Å². The number of rotatable bonds is 6. The monoisotopic (exact) mass is 821 g/mol. The summed E-state index contributed by atoms with van der Waals surface area (Å²) in [4.78, 5) is 15.4. The first-order chi connectivity index (χ1) is 31.2. The number of nitrogens with zero attached hydrogens (tertiary/aromatic N) is 5. The van der Waals surface area contributed by atoms with Gasteiger partial charge in [0, 0.05) is 59.4 Å². The molecule has 63 heavy (non-hydrogen) atoms. The maximum atomic E-state index is 5.19. The molecule has 0 radical (unpaired) electrons. The highest BCUT2D eigenvalue weighted by atomic mass is 32.1. The normalized spacial score (nSPS) is 11.8. The van der Waals surface area contributed by atoms with E-state index in [2.05, 4.69) is 197 Å². The second-order valence-corrected chi connectivity index (χ2v) is 17.0. The Morgan fingerprint density at radius 1 is 0.317 bits per heavy atom. The van der Waals surface area contributed by atoms with Gasteiger partial charge in [-0.05, 0) is 65.7 Å². The Kier molecular flexibility index (Phi) is 8.01. The molecule has 0 amide bonds. The van der Waals surface area contributed by atoms with Gasteiger partial charge in [-0.2, -0.15) is 0 Å². The van der Waals surface area contributed by atoms with Crippen LogP contribution in [0.3, 0.4) is 0 Å². The molecule has 0 N–H and O–H groups in total. The maximum Gasteiger partial charge on any atom is 0.164 e. The molecule has 0 bridgehead atoms. The van der Waals surface area contributed by atoms with Gasteiger partial charge in [0.2, 0.25) is 0 Å². The molecule has 294 valence electrons. The van der Waals surface area contributed by atoms with Crippen LogP contribution in [-0.2, 0) is 0 Å². The Bertz CT molecular complexity index is 3850. The van der Waals surface area contributed by atoms with E-state index in [1.165, 1.54) is 63.8 Å². The van der Waals surface area contributed by atoms with Crippen LogP contribution in [0.1, 0.15) is 0 Å². The fourth-order valence-electron chi connectivity index (χ4n) is 9.52. The number of benzene rings is 9. The summed E-state index contributed by atoms with van der Waals surface area (Å²) in [6.07, 6.45) is 0. The summed E-state index contributed by atoms with van der Waals surface area (Å²) in [6.45, 7) is 0. The van der Waals surface area contributed by atoms with E-state index < -0.39 is 0 Å². The second kappa shape index (κ2) is 14.2. The predicted molar refractivity (Wildman–Crippen MR) is 263 cm³/mol. The number of para-hydroxylation sites is 4. The van der Waals surface area contributed by atoms with E-state index in [0.717, 1.165) is 39.2 Å². The molecule has 5 nitrogen and oxygen atoms in total. The predicted octanol–water partition coefficient (Wildman–Crippen LogP) is 15.1. The maximum absolute atomic E-state index is 5.19. The molecule has 4 aromatic heterocycles. The van der Waals surface area contributed by atoms with Crippen LogP contribution in [0.15, 0.2) is 212 Å². The summed E-state index contributed by atoms with van der Waals surface area (Å²) < 4.78 is 7.40. The number of hydrogen-bond acceptors (Lipinski definition) is 4. The molecule has 6 heteroatoms. The first-order valence-electron chi connectivity index (χ1n) is 21.2. The summed E-state index contributed by atoms with van der Waals surface area (Å²) >= 11 is 1.85. The lowest BCUT2D eigenvalue weighted by molar-refractivity contribution is 1.07. The molecule has 0 aliphatic rings. The highest BCUT2D eigenvalue weighted by Gasteiger charge is 2.23. The molecule has 0 spiro atoms. The van der Waals surface area contributed by atoms with Crippen molar-refractivity contribution in [2.75, 3.05) is 0 Å². The third-order valence-corrected chi connectivity index (χ3v) is 13.5. The quantitative estimate of drug-likeness (QED) is 0.168. The Balaban J connectivity index is 1.04. The van der Waals surface area contributed by atoms with E-state index in [-0.39, 0.29) is 0 Å². The lowest BCUT2D eigenvalue weighted by Gasteiger charge is -2.14. The highest BCUT2D eigenvalue weighted by Crippen LogP contribution is 2.46. The van der Waals surface area contributed by atoms with Crippen LogP contribution < -0.4 is 0 Å². The number of fused-ring (bicyclic) bond motifs is 10. The van der Waals surface area contributed by atoms with Crippen molar-refractivity contribution < 1.29 is 0 Å². The average molecular weight is 822 g/mol. The summed E-state index contributed by atoms with van der Waals surface area (Å²) in [5, 5.41) is 7.32. The van der Waals surface area contributed by atoms with Gasteiger partial charge in [0.05, 0.1) is 32.5 Å². The van der Waals surface area contributed by atoms with Crippen molar-refractivity contribution in [3.8, 4) is 56.7 Å². The van der Waals surface area contributed by atoms with E-state index in [1.54, 1.807) is 0 Å². The zero-order valence-electron chi connectivity index (χ0n) is 33.9. The highest BCUT2D eigenvalue weighted by molar-refractivity contribution is 7.26. The van der Waals surface area contributed by atoms with Crippen molar-refractivity contribution in [3.05, 3.63) is 212 Å². The number of aromatic nitrogens is 5. The second-order valence-electron chi connectivity index (χ2n) is 16.0. The molecule has 0 atom stereocenters. The Morgan fingerprint density at radius 2 is 0.841 bits per heavy atom. The molecule has 9 aromatic carbocycles. The Labute approximate surface area is 366 Å². The van der Waals surface area contributed by atoms with Crippen molar-refractivity contribution in [3.63, 3.8) is 0 Å². The zero-order valence-corrected chi connectivity index (χ0v) is 34.7. The summed E-state index contributed by atoms with van der Waals surface area (Å²) in [6, 6.07) is 75.5. The van der Waals surface area contributed by atoms with Gasteiger partial charge in [-0.3, -0.25) is 0 Å². The third kappa shape index (κ3) is 5.66. The first-order valence-corrected chi connectivity index (χ1v) is 22.0. The largest absolute Gasteiger partial charge is 0.307 e. The molecule has 0 saturated heterocycles. The van der Waals surface area contributed by atoms with Crippen molar-refractivity contribution in [1.29, 1.82) is 0 Å². The molecule has 4 heterocycles. The number of hydrogen-bond donors (Lipinski definition) is 0. The van der Waals surface area contributed by atoms with Gasteiger partial charge in [-0.1, -0.05) is 158 Å². The van der Waals surface area contributed by atoms with Gasteiger partial charge >= 0.3 is 0 Å². The minimum atomic E-state index is 0.639. The van der Waals surface area contributed by atoms with Gasteiger partial charge in [0.1, 0.15) is 0 Å². The molecule has 0 aliphatic carbocycles. The standard InChI is InChI=1S/C57H35N5S/c1-4-16-36(17-5-1)38-20-14-21-39(34-38)56-58-55(37-18-6-2-7-19-37)59-57(60-56)40-30-33-51-47(35-40)46-32-31-45-44-26-15-29-50(52(44)61(53(45)54(46)63-51)41-22-8-3-9-23-41)62-48-27-12-10-24-42(48)43-25-11-13-28-49(43)62/h1-35H. The smallest absolute Gasteiger partial charge is 0.164 e. The summed E-state index contributed by atoms with van der Waals surface area (Å²) in [7, 11) is 0. The summed E-state index contributed by atoms with van der Waals surface area (Å²) in [5.74, 6) is 1.92. The van der Waals surface area contributed by atoms with Crippen LogP contribution in [0.25, 0.3) is 120 Å².